The van der Waals surface area contributed by atoms with Gasteiger partial charge in [-0.05, 0) is 41.0 Å². The lowest BCUT2D eigenvalue weighted by molar-refractivity contribution is -0.168. The van der Waals surface area contributed by atoms with Crippen molar-refractivity contribution in [2.75, 3.05) is 0 Å². The molecule has 0 rings (SSSR count). The Morgan fingerprint density at radius 2 is 1.79 bits per heavy atom. The number of ether oxygens (including phenoxy) is 1. The molecule has 0 aromatic rings. The summed E-state index contributed by atoms with van der Waals surface area (Å²) in [6.07, 6.45) is 0.535. The molecule has 1 N–H and O–H groups in total. The Balaban J connectivity index is 4.41. The Bertz CT molecular complexity index is 201. The maximum Gasteiger partial charge on any atom is 0.312 e. The van der Waals surface area contributed by atoms with E-state index in [0.717, 1.165) is 0 Å². The van der Waals surface area contributed by atoms with E-state index in [0.29, 0.717) is 6.42 Å². The second-order valence-electron chi connectivity index (χ2n) is 4.97. The van der Waals surface area contributed by atoms with E-state index in [2.05, 4.69) is 0 Å². The Hall–Kier alpha value is -0.570. The summed E-state index contributed by atoms with van der Waals surface area (Å²) in [6.45, 7) is 10.6. The van der Waals surface area contributed by atoms with E-state index in [1.54, 1.807) is 13.8 Å². The highest BCUT2D eigenvalue weighted by Crippen LogP contribution is 2.23. The van der Waals surface area contributed by atoms with Crippen molar-refractivity contribution in [3.05, 3.63) is 0 Å². The first-order chi connectivity index (χ1) is 6.10. The van der Waals surface area contributed by atoms with Gasteiger partial charge in [0.05, 0.1) is 11.5 Å². The second-order valence-corrected chi connectivity index (χ2v) is 4.97. The fourth-order valence-electron chi connectivity index (χ4n) is 0.950. The van der Waals surface area contributed by atoms with Gasteiger partial charge in [-0.25, -0.2) is 0 Å². The zero-order valence-electron chi connectivity index (χ0n) is 10.0. The van der Waals surface area contributed by atoms with E-state index < -0.39 is 17.1 Å². The molecule has 0 fully saturated rings. The van der Waals surface area contributed by atoms with Crippen LogP contribution in [-0.4, -0.2) is 22.3 Å². The standard InChI is InChI=1S/C11H22O3/c1-7-11(6,13)8(2)9(12)14-10(3,4)5/h8,13H,7H2,1-6H3. The van der Waals surface area contributed by atoms with Crippen LogP contribution in [0.1, 0.15) is 48.0 Å². The van der Waals surface area contributed by atoms with Crippen LogP contribution in [0.15, 0.2) is 0 Å². The SMILES string of the molecule is CCC(C)(O)C(C)C(=O)OC(C)(C)C. The molecular weight excluding hydrogens is 180 g/mol. The normalized spacial score (nSPS) is 18.5. The lowest BCUT2D eigenvalue weighted by Crippen LogP contribution is -2.40. The molecule has 0 saturated carbocycles. The molecule has 84 valence electrons. The summed E-state index contributed by atoms with van der Waals surface area (Å²) in [5.41, 5.74) is -1.47. The fourth-order valence-corrected chi connectivity index (χ4v) is 0.950. The summed E-state index contributed by atoms with van der Waals surface area (Å²) in [5, 5.41) is 9.86. The van der Waals surface area contributed by atoms with Gasteiger partial charge in [0.15, 0.2) is 0 Å². The average Bonchev–Trinajstić information content (AvgIpc) is 2.00. The van der Waals surface area contributed by atoms with Crippen LogP contribution >= 0.6 is 0 Å². The average molecular weight is 202 g/mol. The van der Waals surface area contributed by atoms with Crippen LogP contribution in [0.25, 0.3) is 0 Å². The van der Waals surface area contributed by atoms with Gasteiger partial charge in [0, 0.05) is 0 Å². The van der Waals surface area contributed by atoms with Gasteiger partial charge < -0.3 is 9.84 Å². The van der Waals surface area contributed by atoms with Crippen molar-refractivity contribution in [1.29, 1.82) is 0 Å². The van der Waals surface area contributed by atoms with Crippen molar-refractivity contribution < 1.29 is 14.6 Å². The van der Waals surface area contributed by atoms with Gasteiger partial charge in [0.25, 0.3) is 0 Å². The molecule has 0 aliphatic carbocycles. The minimum Gasteiger partial charge on any atom is -0.460 e. The van der Waals surface area contributed by atoms with E-state index in [4.69, 9.17) is 4.74 Å². The monoisotopic (exact) mass is 202 g/mol. The molecule has 3 heteroatoms. The van der Waals surface area contributed by atoms with E-state index in [-0.39, 0.29) is 5.97 Å². The molecule has 2 unspecified atom stereocenters. The smallest absolute Gasteiger partial charge is 0.312 e. The molecule has 14 heavy (non-hydrogen) atoms. The number of hydrogen-bond acceptors (Lipinski definition) is 3. The van der Waals surface area contributed by atoms with Gasteiger partial charge in [-0.15, -0.1) is 0 Å². The Morgan fingerprint density at radius 3 is 2.07 bits per heavy atom. The molecule has 0 bridgehead atoms. The molecule has 0 spiro atoms. The molecule has 0 heterocycles. The van der Waals surface area contributed by atoms with E-state index in [1.807, 2.05) is 27.7 Å². The van der Waals surface area contributed by atoms with Gasteiger partial charge >= 0.3 is 5.97 Å². The van der Waals surface area contributed by atoms with Crippen LogP contribution < -0.4 is 0 Å². The van der Waals surface area contributed by atoms with Crippen LogP contribution in [0.5, 0.6) is 0 Å². The highest BCUT2D eigenvalue weighted by molar-refractivity contribution is 5.73. The molecular formula is C11H22O3. The number of rotatable bonds is 3. The molecule has 0 saturated heterocycles. The maximum absolute atomic E-state index is 11.6. The number of hydrogen-bond donors (Lipinski definition) is 1. The zero-order valence-corrected chi connectivity index (χ0v) is 10.0. The Morgan fingerprint density at radius 1 is 1.36 bits per heavy atom. The predicted octanol–water partition coefficient (Wildman–Crippen LogP) is 2.13. The van der Waals surface area contributed by atoms with Crippen LogP contribution in [0.4, 0.5) is 0 Å². The molecule has 0 aliphatic heterocycles. The number of esters is 1. The lowest BCUT2D eigenvalue weighted by Gasteiger charge is -2.30. The quantitative estimate of drug-likeness (QED) is 0.713. The Kier molecular flexibility index (Phi) is 4.13. The van der Waals surface area contributed by atoms with Crippen molar-refractivity contribution in [3.8, 4) is 0 Å². The zero-order chi connectivity index (χ0) is 11.6. The van der Waals surface area contributed by atoms with Gasteiger partial charge in [-0.3, -0.25) is 4.79 Å². The molecule has 0 radical (unpaired) electrons. The summed E-state index contributed by atoms with van der Waals surface area (Å²) in [5.74, 6) is -0.837. The van der Waals surface area contributed by atoms with E-state index in [9.17, 15) is 9.90 Å². The van der Waals surface area contributed by atoms with Crippen molar-refractivity contribution in [2.45, 2.75) is 59.2 Å². The largest absolute Gasteiger partial charge is 0.460 e. The fraction of sp³-hybridized carbons (Fsp3) is 0.909. The predicted molar refractivity (Wildman–Crippen MR) is 55.9 cm³/mol. The number of carbonyl (C=O) groups is 1. The lowest BCUT2D eigenvalue weighted by atomic mass is 9.88. The maximum atomic E-state index is 11.6. The molecule has 2 atom stereocenters. The summed E-state index contributed by atoms with van der Waals surface area (Å²) in [6, 6.07) is 0. The molecule has 0 aliphatic rings. The summed E-state index contributed by atoms with van der Waals surface area (Å²) in [7, 11) is 0. The third-order valence-corrected chi connectivity index (χ3v) is 2.41. The summed E-state index contributed by atoms with van der Waals surface area (Å²) < 4.78 is 5.19. The van der Waals surface area contributed by atoms with Crippen LogP contribution in [0.3, 0.4) is 0 Å². The van der Waals surface area contributed by atoms with Gasteiger partial charge in [0.1, 0.15) is 5.60 Å². The van der Waals surface area contributed by atoms with Crippen LogP contribution in [0.2, 0.25) is 0 Å². The van der Waals surface area contributed by atoms with Crippen LogP contribution in [0, 0.1) is 5.92 Å². The molecule has 0 amide bonds. The second kappa shape index (κ2) is 4.30. The van der Waals surface area contributed by atoms with Crippen molar-refractivity contribution in [2.24, 2.45) is 5.92 Å². The minimum atomic E-state index is -0.984. The number of carbonyl (C=O) groups excluding carboxylic acids is 1. The van der Waals surface area contributed by atoms with Gasteiger partial charge in [0.2, 0.25) is 0 Å². The first kappa shape index (κ1) is 13.4. The first-order valence-electron chi connectivity index (χ1n) is 5.05. The number of aliphatic hydroxyl groups is 1. The van der Waals surface area contributed by atoms with Crippen LogP contribution in [-0.2, 0) is 9.53 Å². The highest BCUT2D eigenvalue weighted by Gasteiger charge is 2.34. The van der Waals surface area contributed by atoms with Gasteiger partial charge in [-0.1, -0.05) is 6.92 Å². The molecule has 3 nitrogen and oxygen atoms in total. The molecule has 0 aromatic heterocycles. The Labute approximate surface area is 86.5 Å². The van der Waals surface area contributed by atoms with Crippen molar-refractivity contribution in [1.82, 2.24) is 0 Å². The first-order valence-corrected chi connectivity index (χ1v) is 5.05. The minimum absolute atomic E-state index is 0.343. The van der Waals surface area contributed by atoms with E-state index in [1.165, 1.54) is 0 Å². The summed E-state index contributed by atoms with van der Waals surface area (Å²) in [4.78, 5) is 11.6. The molecule has 0 aromatic carbocycles. The third kappa shape index (κ3) is 4.09. The summed E-state index contributed by atoms with van der Waals surface area (Å²) >= 11 is 0. The van der Waals surface area contributed by atoms with Crippen molar-refractivity contribution in [3.63, 3.8) is 0 Å². The van der Waals surface area contributed by atoms with E-state index >= 15 is 0 Å². The van der Waals surface area contributed by atoms with Crippen molar-refractivity contribution >= 4 is 5.97 Å². The highest BCUT2D eigenvalue weighted by atomic mass is 16.6. The third-order valence-electron chi connectivity index (χ3n) is 2.41. The topological polar surface area (TPSA) is 46.5 Å². The van der Waals surface area contributed by atoms with Gasteiger partial charge in [-0.2, -0.15) is 0 Å².